The molecule has 0 unspecified atom stereocenters. The second kappa shape index (κ2) is 11.5. The second-order valence-electron chi connectivity index (χ2n) is 7.48. The Morgan fingerprint density at radius 2 is 1.83 bits per heavy atom. The van der Waals surface area contributed by atoms with Crippen LogP contribution < -0.4 is 11.2 Å². The Balaban J connectivity index is 2.28. The molecule has 30 heavy (non-hydrogen) atoms. The van der Waals surface area contributed by atoms with Crippen molar-refractivity contribution in [3.8, 4) is 5.88 Å². The van der Waals surface area contributed by atoms with Crippen LogP contribution in [0.5, 0.6) is 5.88 Å². The van der Waals surface area contributed by atoms with Gasteiger partial charge in [-0.2, -0.15) is 0 Å². The van der Waals surface area contributed by atoms with Gasteiger partial charge in [0.1, 0.15) is 5.56 Å². The molecular weight excluding hydrogens is 380 g/mol. The quantitative estimate of drug-likeness (QED) is 0.553. The molecule has 0 saturated carbocycles. The van der Waals surface area contributed by atoms with Crippen molar-refractivity contribution in [3.05, 3.63) is 62.3 Å². The Morgan fingerprint density at radius 1 is 1.17 bits per heavy atom. The summed E-state index contributed by atoms with van der Waals surface area (Å²) in [6, 6.07) is 9.36. The van der Waals surface area contributed by atoms with Gasteiger partial charge in [0.05, 0.1) is 12.3 Å². The van der Waals surface area contributed by atoms with Crippen molar-refractivity contribution in [2.45, 2.75) is 59.5 Å². The van der Waals surface area contributed by atoms with Crippen LogP contribution in [0, 0.1) is 0 Å². The predicted octanol–water partition coefficient (Wildman–Crippen LogP) is 3.00. The van der Waals surface area contributed by atoms with E-state index in [0.717, 1.165) is 38.0 Å². The summed E-state index contributed by atoms with van der Waals surface area (Å²) in [5.41, 5.74) is 0.229. The average Bonchev–Trinajstić information content (AvgIpc) is 2.74. The van der Waals surface area contributed by atoms with E-state index in [9.17, 15) is 14.7 Å². The molecule has 2 aromatic rings. The van der Waals surface area contributed by atoms with E-state index in [-0.39, 0.29) is 24.0 Å². The second-order valence-corrected chi connectivity index (χ2v) is 7.48. The monoisotopic (exact) mass is 414 g/mol. The fourth-order valence-corrected chi connectivity index (χ4v) is 3.55. The van der Waals surface area contributed by atoms with E-state index in [1.165, 1.54) is 4.57 Å². The Kier molecular flexibility index (Phi) is 9.05. The van der Waals surface area contributed by atoms with Gasteiger partial charge in [-0.1, -0.05) is 51.1 Å². The molecule has 0 bridgehead atoms. The number of nitrogens with one attached hydrogen (secondary N) is 1. The smallest absolute Gasteiger partial charge is 0.331 e. The van der Waals surface area contributed by atoms with E-state index >= 15 is 0 Å². The number of aromatic amines is 1. The van der Waals surface area contributed by atoms with Gasteiger partial charge in [0.25, 0.3) is 5.56 Å². The summed E-state index contributed by atoms with van der Waals surface area (Å²) in [6.45, 7) is 11.5. The summed E-state index contributed by atoms with van der Waals surface area (Å²) in [7, 11) is 0. The molecule has 0 aliphatic carbocycles. The molecule has 0 amide bonds. The molecule has 0 spiro atoms. The molecule has 2 rings (SSSR count). The third-order valence-corrected chi connectivity index (χ3v) is 5.35. The highest BCUT2D eigenvalue weighted by Crippen LogP contribution is 2.16. The zero-order chi connectivity index (χ0) is 22.1. The van der Waals surface area contributed by atoms with Crippen molar-refractivity contribution in [2.75, 3.05) is 19.6 Å². The molecule has 1 heterocycles. The van der Waals surface area contributed by atoms with E-state index < -0.39 is 11.2 Å². The lowest BCUT2D eigenvalue weighted by atomic mass is 10.1. The lowest BCUT2D eigenvalue weighted by Gasteiger charge is -2.18. The fourth-order valence-electron chi connectivity index (χ4n) is 3.55. The third kappa shape index (κ3) is 6.16. The van der Waals surface area contributed by atoms with Gasteiger partial charge < -0.3 is 10.0 Å². The minimum Gasteiger partial charge on any atom is -0.494 e. The van der Waals surface area contributed by atoms with Gasteiger partial charge in [-0.25, -0.2) is 4.79 Å². The van der Waals surface area contributed by atoms with Gasteiger partial charge in [0.2, 0.25) is 5.88 Å². The summed E-state index contributed by atoms with van der Waals surface area (Å²) in [4.78, 5) is 34.2. The SMILES string of the molecule is CCC(=N[C@@H](C)CCCN(CC)CC)c1c(O)n(Cc2ccccc2)c(=O)[nH]c1=O. The maximum absolute atomic E-state index is 12.5. The number of H-pyrrole nitrogens is 1. The van der Waals surface area contributed by atoms with E-state index in [4.69, 9.17) is 4.99 Å². The minimum atomic E-state index is -0.632. The molecule has 0 radical (unpaired) electrons. The van der Waals surface area contributed by atoms with Crippen LogP contribution in [0.2, 0.25) is 0 Å². The Labute approximate surface area is 178 Å². The Morgan fingerprint density at radius 3 is 2.43 bits per heavy atom. The molecular formula is C23H34N4O3. The molecule has 2 N–H and O–H groups in total. The molecule has 0 saturated heterocycles. The predicted molar refractivity (Wildman–Crippen MR) is 122 cm³/mol. The van der Waals surface area contributed by atoms with Gasteiger partial charge in [0, 0.05) is 6.04 Å². The van der Waals surface area contributed by atoms with Gasteiger partial charge in [-0.15, -0.1) is 0 Å². The summed E-state index contributed by atoms with van der Waals surface area (Å²) >= 11 is 0. The van der Waals surface area contributed by atoms with E-state index in [0.29, 0.717) is 12.1 Å². The van der Waals surface area contributed by atoms with Crippen molar-refractivity contribution >= 4 is 5.71 Å². The standard InChI is InChI=1S/C23H34N4O3/c1-5-19(24-17(4)12-11-15-26(6-2)7-3)20-21(28)25-23(30)27(22(20)29)16-18-13-9-8-10-14-18/h8-10,13-14,17,29H,5-7,11-12,15-16H2,1-4H3,(H,25,28,30)/t17-/m0/s1. The molecule has 164 valence electrons. The first-order valence-corrected chi connectivity index (χ1v) is 10.8. The molecule has 1 aromatic heterocycles. The van der Waals surface area contributed by atoms with Crippen LogP contribution in [0.4, 0.5) is 0 Å². The number of benzene rings is 1. The van der Waals surface area contributed by atoms with Crippen LogP contribution >= 0.6 is 0 Å². The van der Waals surface area contributed by atoms with E-state index in [1.807, 2.05) is 44.2 Å². The zero-order valence-electron chi connectivity index (χ0n) is 18.5. The van der Waals surface area contributed by atoms with Crippen LogP contribution in [-0.4, -0.2) is 50.9 Å². The highest BCUT2D eigenvalue weighted by molar-refractivity contribution is 6.02. The molecule has 1 atom stereocenters. The van der Waals surface area contributed by atoms with Crippen molar-refractivity contribution < 1.29 is 5.11 Å². The van der Waals surface area contributed by atoms with Crippen LogP contribution in [0.25, 0.3) is 0 Å². The van der Waals surface area contributed by atoms with Gasteiger partial charge in [-0.3, -0.25) is 19.3 Å². The summed E-state index contributed by atoms with van der Waals surface area (Å²) < 4.78 is 1.18. The lowest BCUT2D eigenvalue weighted by Crippen LogP contribution is -2.34. The van der Waals surface area contributed by atoms with Crippen molar-refractivity contribution in [1.82, 2.24) is 14.5 Å². The summed E-state index contributed by atoms with van der Waals surface area (Å²) in [5, 5.41) is 10.8. The molecule has 0 aliphatic rings. The van der Waals surface area contributed by atoms with Crippen LogP contribution in [0.3, 0.4) is 0 Å². The van der Waals surface area contributed by atoms with Crippen molar-refractivity contribution in [1.29, 1.82) is 0 Å². The van der Waals surface area contributed by atoms with E-state index in [1.54, 1.807) is 0 Å². The van der Waals surface area contributed by atoms with Crippen LogP contribution in [0.1, 0.15) is 58.1 Å². The van der Waals surface area contributed by atoms with Crippen LogP contribution in [-0.2, 0) is 6.54 Å². The minimum absolute atomic E-state index is 0.0174. The third-order valence-electron chi connectivity index (χ3n) is 5.35. The topological polar surface area (TPSA) is 90.7 Å². The lowest BCUT2D eigenvalue weighted by molar-refractivity contribution is 0.294. The fraction of sp³-hybridized carbons (Fsp3) is 0.522. The molecule has 7 nitrogen and oxygen atoms in total. The highest BCUT2D eigenvalue weighted by atomic mass is 16.3. The van der Waals surface area contributed by atoms with E-state index in [2.05, 4.69) is 23.7 Å². The zero-order valence-corrected chi connectivity index (χ0v) is 18.5. The summed E-state index contributed by atoms with van der Waals surface area (Å²) in [5.74, 6) is -0.330. The number of rotatable bonds is 11. The number of aliphatic imine (C=N–C) groups is 1. The molecule has 1 aromatic carbocycles. The Hall–Kier alpha value is -2.67. The number of aromatic hydroxyl groups is 1. The first-order chi connectivity index (χ1) is 14.4. The number of hydrogen-bond donors (Lipinski definition) is 2. The molecule has 7 heteroatoms. The van der Waals surface area contributed by atoms with Gasteiger partial charge in [-0.05, 0) is 51.4 Å². The normalized spacial score (nSPS) is 13.0. The Bertz CT molecular complexity index is 943. The first kappa shape index (κ1) is 23.6. The number of aromatic nitrogens is 2. The molecule has 0 aliphatic heterocycles. The average molecular weight is 415 g/mol. The summed E-state index contributed by atoms with van der Waals surface area (Å²) in [6.07, 6.45) is 2.39. The maximum atomic E-state index is 12.5. The van der Waals surface area contributed by atoms with Gasteiger partial charge >= 0.3 is 5.69 Å². The van der Waals surface area contributed by atoms with Crippen LogP contribution in [0.15, 0.2) is 44.9 Å². The maximum Gasteiger partial charge on any atom is 0.331 e. The van der Waals surface area contributed by atoms with Crippen molar-refractivity contribution in [3.63, 3.8) is 0 Å². The van der Waals surface area contributed by atoms with Gasteiger partial charge in [0.15, 0.2) is 0 Å². The molecule has 0 fully saturated rings. The highest BCUT2D eigenvalue weighted by Gasteiger charge is 2.19. The number of hydrogen-bond acceptors (Lipinski definition) is 5. The first-order valence-electron chi connectivity index (χ1n) is 10.8. The largest absolute Gasteiger partial charge is 0.494 e. The number of nitrogens with zero attached hydrogens (tertiary/aromatic N) is 3. The van der Waals surface area contributed by atoms with Crippen molar-refractivity contribution in [2.24, 2.45) is 4.99 Å².